The maximum atomic E-state index is 6.04. The lowest BCUT2D eigenvalue weighted by molar-refractivity contribution is 0.414. The number of halogens is 2. The van der Waals surface area contributed by atoms with E-state index in [1.54, 1.807) is 23.9 Å². The number of aromatic nitrogens is 3. The molecule has 21 heavy (non-hydrogen) atoms. The Morgan fingerprint density at radius 1 is 1.33 bits per heavy atom. The molecule has 5 nitrogen and oxygen atoms in total. The van der Waals surface area contributed by atoms with E-state index in [4.69, 9.17) is 16.3 Å². The van der Waals surface area contributed by atoms with Crippen LogP contribution in [0, 0.1) is 0 Å². The van der Waals surface area contributed by atoms with Crippen LogP contribution in [0.2, 0.25) is 5.15 Å². The van der Waals surface area contributed by atoms with Gasteiger partial charge in [0, 0.05) is 12.6 Å². The molecule has 0 bridgehead atoms. The fourth-order valence-electron chi connectivity index (χ4n) is 1.97. The first kappa shape index (κ1) is 14.2. The SMILES string of the molecule is COc1ccc(CNc2cc(Cl)nc3c(Br)cnn23)cc1. The highest BCUT2D eigenvalue weighted by Crippen LogP contribution is 2.22. The average molecular weight is 368 g/mol. The molecule has 1 N–H and O–H groups in total. The topological polar surface area (TPSA) is 51.5 Å². The fourth-order valence-corrected chi connectivity index (χ4v) is 2.50. The van der Waals surface area contributed by atoms with E-state index in [1.165, 1.54) is 0 Å². The van der Waals surface area contributed by atoms with Crippen LogP contribution in [0.5, 0.6) is 5.75 Å². The number of rotatable bonds is 4. The fraction of sp³-hybridized carbons (Fsp3) is 0.143. The zero-order valence-corrected chi connectivity index (χ0v) is 13.5. The highest BCUT2D eigenvalue weighted by atomic mass is 79.9. The molecule has 0 saturated carbocycles. The molecule has 0 unspecified atom stereocenters. The molecule has 0 atom stereocenters. The molecular weight excluding hydrogens is 356 g/mol. The van der Waals surface area contributed by atoms with E-state index < -0.39 is 0 Å². The van der Waals surface area contributed by atoms with E-state index in [-0.39, 0.29) is 0 Å². The lowest BCUT2D eigenvalue weighted by atomic mass is 10.2. The summed E-state index contributed by atoms with van der Waals surface area (Å²) >= 11 is 9.45. The van der Waals surface area contributed by atoms with Crippen LogP contribution in [0.4, 0.5) is 5.82 Å². The van der Waals surface area contributed by atoms with E-state index in [0.717, 1.165) is 21.6 Å². The number of anilines is 1. The molecule has 0 aliphatic heterocycles. The Morgan fingerprint density at radius 3 is 2.81 bits per heavy atom. The summed E-state index contributed by atoms with van der Waals surface area (Å²) in [5.74, 6) is 1.62. The van der Waals surface area contributed by atoms with Gasteiger partial charge in [-0.25, -0.2) is 4.98 Å². The van der Waals surface area contributed by atoms with Crippen molar-refractivity contribution in [3.8, 4) is 5.75 Å². The van der Waals surface area contributed by atoms with E-state index in [0.29, 0.717) is 17.3 Å². The van der Waals surface area contributed by atoms with Gasteiger partial charge in [0.2, 0.25) is 0 Å². The highest BCUT2D eigenvalue weighted by Gasteiger charge is 2.09. The van der Waals surface area contributed by atoms with E-state index in [2.05, 4.69) is 31.3 Å². The summed E-state index contributed by atoms with van der Waals surface area (Å²) in [6.45, 7) is 0.650. The number of benzene rings is 1. The summed E-state index contributed by atoms with van der Waals surface area (Å²) in [7, 11) is 1.65. The number of nitrogens with zero attached hydrogens (tertiary/aromatic N) is 3. The van der Waals surface area contributed by atoms with E-state index in [9.17, 15) is 0 Å². The van der Waals surface area contributed by atoms with Crippen LogP contribution in [0.3, 0.4) is 0 Å². The van der Waals surface area contributed by atoms with Gasteiger partial charge in [0.25, 0.3) is 0 Å². The number of ether oxygens (including phenoxy) is 1. The lowest BCUT2D eigenvalue weighted by Gasteiger charge is -2.09. The Hall–Kier alpha value is -1.79. The molecule has 108 valence electrons. The van der Waals surface area contributed by atoms with Gasteiger partial charge in [-0.2, -0.15) is 9.61 Å². The number of hydrogen-bond donors (Lipinski definition) is 1. The Morgan fingerprint density at radius 2 is 2.10 bits per heavy atom. The summed E-state index contributed by atoms with van der Waals surface area (Å²) < 4.78 is 7.65. The molecular formula is C14H12BrClN4O. The van der Waals surface area contributed by atoms with Crippen molar-refractivity contribution < 1.29 is 4.74 Å². The molecule has 2 aromatic heterocycles. The maximum absolute atomic E-state index is 6.04. The number of hydrogen-bond acceptors (Lipinski definition) is 4. The molecule has 0 spiro atoms. The van der Waals surface area contributed by atoms with Crippen LogP contribution >= 0.6 is 27.5 Å². The van der Waals surface area contributed by atoms with Crippen molar-refractivity contribution in [1.82, 2.24) is 14.6 Å². The molecule has 3 aromatic rings. The standard InChI is InChI=1S/C14H12BrClN4O/c1-21-10-4-2-9(3-5-10)7-17-13-6-12(16)19-14-11(15)8-18-20(13)14/h2-6,8,17H,7H2,1H3. The summed E-state index contributed by atoms with van der Waals surface area (Å²) in [4.78, 5) is 4.24. The lowest BCUT2D eigenvalue weighted by Crippen LogP contribution is -2.06. The molecule has 2 heterocycles. The Labute approximate surface area is 135 Å². The van der Waals surface area contributed by atoms with E-state index >= 15 is 0 Å². The zero-order chi connectivity index (χ0) is 14.8. The van der Waals surface area contributed by atoms with Gasteiger partial charge in [0.15, 0.2) is 5.65 Å². The Balaban J connectivity index is 1.84. The third-order valence-corrected chi connectivity index (χ3v) is 3.78. The van der Waals surface area contributed by atoms with Crippen molar-refractivity contribution in [3.63, 3.8) is 0 Å². The minimum Gasteiger partial charge on any atom is -0.497 e. The zero-order valence-electron chi connectivity index (χ0n) is 11.2. The van der Waals surface area contributed by atoms with Gasteiger partial charge >= 0.3 is 0 Å². The monoisotopic (exact) mass is 366 g/mol. The van der Waals surface area contributed by atoms with Gasteiger partial charge in [0.05, 0.1) is 17.8 Å². The van der Waals surface area contributed by atoms with Crippen LogP contribution in [-0.4, -0.2) is 21.7 Å². The smallest absolute Gasteiger partial charge is 0.173 e. The number of nitrogens with one attached hydrogen (secondary N) is 1. The molecule has 7 heteroatoms. The van der Waals surface area contributed by atoms with Gasteiger partial charge in [-0.3, -0.25) is 0 Å². The normalized spacial score (nSPS) is 10.8. The average Bonchev–Trinajstić information content (AvgIpc) is 2.87. The van der Waals surface area contributed by atoms with Crippen molar-refractivity contribution in [1.29, 1.82) is 0 Å². The highest BCUT2D eigenvalue weighted by molar-refractivity contribution is 9.10. The minimum atomic E-state index is 0.418. The first-order valence-corrected chi connectivity index (χ1v) is 7.41. The molecule has 0 fully saturated rings. The van der Waals surface area contributed by atoms with Crippen molar-refractivity contribution in [3.05, 3.63) is 51.7 Å². The van der Waals surface area contributed by atoms with Crippen LogP contribution in [0.15, 0.2) is 41.0 Å². The maximum Gasteiger partial charge on any atom is 0.173 e. The molecule has 0 saturated heterocycles. The Bertz CT molecular complexity index is 772. The van der Waals surface area contributed by atoms with Crippen LogP contribution < -0.4 is 10.1 Å². The Kier molecular flexibility index (Phi) is 3.98. The molecule has 0 aliphatic rings. The van der Waals surface area contributed by atoms with Crippen molar-refractivity contribution >= 4 is 39.0 Å². The number of fused-ring (bicyclic) bond motifs is 1. The molecule has 0 radical (unpaired) electrons. The molecule has 0 amide bonds. The second kappa shape index (κ2) is 5.91. The van der Waals surface area contributed by atoms with Gasteiger partial charge in [-0.15, -0.1) is 0 Å². The predicted molar refractivity (Wildman–Crippen MR) is 86.0 cm³/mol. The van der Waals surface area contributed by atoms with Crippen molar-refractivity contribution in [2.45, 2.75) is 6.54 Å². The predicted octanol–water partition coefficient (Wildman–Crippen LogP) is 3.77. The second-order valence-electron chi connectivity index (χ2n) is 4.39. The number of methoxy groups -OCH3 is 1. The van der Waals surface area contributed by atoms with Crippen LogP contribution in [0.1, 0.15) is 5.56 Å². The minimum absolute atomic E-state index is 0.418. The third kappa shape index (κ3) is 2.96. The summed E-state index contributed by atoms with van der Waals surface area (Å²) in [5, 5.41) is 7.99. The van der Waals surface area contributed by atoms with Crippen LogP contribution in [0.25, 0.3) is 5.65 Å². The first-order chi connectivity index (χ1) is 10.2. The van der Waals surface area contributed by atoms with Gasteiger partial charge in [-0.1, -0.05) is 23.7 Å². The van der Waals surface area contributed by atoms with Gasteiger partial charge in [-0.05, 0) is 33.6 Å². The van der Waals surface area contributed by atoms with Gasteiger partial charge in [0.1, 0.15) is 16.7 Å². The van der Waals surface area contributed by atoms with Gasteiger partial charge < -0.3 is 10.1 Å². The summed E-state index contributed by atoms with van der Waals surface area (Å²) in [6, 6.07) is 9.61. The first-order valence-electron chi connectivity index (χ1n) is 6.24. The second-order valence-corrected chi connectivity index (χ2v) is 5.64. The molecule has 3 rings (SSSR count). The molecule has 0 aliphatic carbocycles. The van der Waals surface area contributed by atoms with Crippen LogP contribution in [-0.2, 0) is 6.54 Å². The molecule has 1 aromatic carbocycles. The quantitative estimate of drug-likeness (QED) is 0.713. The van der Waals surface area contributed by atoms with Crippen molar-refractivity contribution in [2.75, 3.05) is 12.4 Å². The van der Waals surface area contributed by atoms with Crippen molar-refractivity contribution in [2.24, 2.45) is 0 Å². The summed E-state index contributed by atoms with van der Waals surface area (Å²) in [6.07, 6.45) is 1.69. The van der Waals surface area contributed by atoms with E-state index in [1.807, 2.05) is 24.3 Å². The largest absolute Gasteiger partial charge is 0.497 e. The third-order valence-electron chi connectivity index (χ3n) is 3.03. The summed E-state index contributed by atoms with van der Waals surface area (Å²) in [5.41, 5.74) is 1.81.